The molecule has 5 heteroatoms. The molecule has 1 aliphatic heterocycles. The van der Waals surface area contributed by atoms with Crippen molar-refractivity contribution >= 4 is 0 Å². The van der Waals surface area contributed by atoms with Crippen LogP contribution in [-0.2, 0) is 9.47 Å². The molecule has 2 heterocycles. The zero-order valence-electron chi connectivity index (χ0n) is 14.4. The molecular formula is C20H22N3O2+. The van der Waals surface area contributed by atoms with E-state index in [1.165, 1.54) is 0 Å². The molecule has 2 atom stereocenters. The molecule has 0 saturated carbocycles. The highest BCUT2D eigenvalue weighted by molar-refractivity contribution is 5.28. The Labute approximate surface area is 147 Å². The molecule has 0 N–H and O–H groups in total. The fourth-order valence-electron chi connectivity index (χ4n) is 3.15. The molecule has 25 heavy (non-hydrogen) atoms. The van der Waals surface area contributed by atoms with Crippen LogP contribution in [0, 0.1) is 0 Å². The van der Waals surface area contributed by atoms with Gasteiger partial charge in [0.25, 0.3) is 6.33 Å². The predicted octanol–water partition coefficient (Wildman–Crippen LogP) is 3.23. The van der Waals surface area contributed by atoms with E-state index in [0.29, 0.717) is 6.61 Å². The minimum absolute atomic E-state index is 0.0212. The summed E-state index contributed by atoms with van der Waals surface area (Å²) in [4.78, 5) is 0. The average Bonchev–Trinajstić information content (AvgIpc) is 3.12. The summed E-state index contributed by atoms with van der Waals surface area (Å²) in [5.74, 6) is -0.604. The maximum absolute atomic E-state index is 6.26. The van der Waals surface area contributed by atoms with Crippen LogP contribution in [0.2, 0.25) is 0 Å². The molecule has 1 saturated heterocycles. The largest absolute Gasteiger partial charge is 0.347 e. The van der Waals surface area contributed by atoms with Gasteiger partial charge in [0.05, 0.1) is 6.61 Å². The lowest BCUT2D eigenvalue weighted by Crippen LogP contribution is -2.51. The highest BCUT2D eigenvalue weighted by Crippen LogP contribution is 2.36. The third-order valence-corrected chi connectivity index (χ3v) is 4.45. The van der Waals surface area contributed by atoms with Crippen molar-refractivity contribution in [3.05, 3.63) is 78.9 Å². The zero-order valence-corrected chi connectivity index (χ0v) is 14.4. The van der Waals surface area contributed by atoms with E-state index in [0.717, 1.165) is 11.3 Å². The number of nitrogens with zero attached hydrogens (tertiary/aromatic N) is 3. The summed E-state index contributed by atoms with van der Waals surface area (Å²) >= 11 is 0. The molecule has 3 aromatic rings. The topological polar surface area (TPSA) is 40.2 Å². The van der Waals surface area contributed by atoms with Crippen LogP contribution in [0.25, 0.3) is 5.69 Å². The number of rotatable bonds is 3. The van der Waals surface area contributed by atoms with Crippen LogP contribution >= 0.6 is 0 Å². The first kappa shape index (κ1) is 16.0. The zero-order chi connectivity index (χ0) is 17.3. The van der Waals surface area contributed by atoms with Crippen molar-refractivity contribution in [2.24, 2.45) is 0 Å². The quantitative estimate of drug-likeness (QED) is 0.690. The maximum Gasteiger partial charge on any atom is 0.266 e. The highest BCUT2D eigenvalue weighted by atomic mass is 16.7. The molecule has 0 radical (unpaired) electrons. The Balaban J connectivity index is 1.67. The summed E-state index contributed by atoms with van der Waals surface area (Å²) in [6.07, 6.45) is 3.72. The lowest BCUT2D eigenvalue weighted by molar-refractivity contribution is -0.743. The van der Waals surface area contributed by atoms with E-state index in [9.17, 15) is 0 Å². The predicted molar refractivity (Wildman–Crippen MR) is 93.1 cm³/mol. The summed E-state index contributed by atoms with van der Waals surface area (Å²) in [6, 6.07) is 20.4. The van der Waals surface area contributed by atoms with Crippen molar-refractivity contribution in [3.63, 3.8) is 0 Å². The van der Waals surface area contributed by atoms with Gasteiger partial charge in [0.2, 0.25) is 6.33 Å². The number of ether oxygens (including phenoxy) is 2. The van der Waals surface area contributed by atoms with Gasteiger partial charge >= 0.3 is 0 Å². The molecule has 5 nitrogen and oxygen atoms in total. The van der Waals surface area contributed by atoms with Gasteiger partial charge < -0.3 is 9.47 Å². The third kappa shape index (κ3) is 3.34. The molecule has 1 aliphatic rings. The molecule has 0 amide bonds. The number of para-hydroxylation sites is 1. The Bertz CT molecular complexity index is 830. The van der Waals surface area contributed by atoms with Crippen LogP contribution in [0.3, 0.4) is 0 Å². The van der Waals surface area contributed by atoms with Gasteiger partial charge in [-0.05, 0) is 31.5 Å². The van der Waals surface area contributed by atoms with Gasteiger partial charge in [0.1, 0.15) is 17.8 Å². The molecule has 0 spiro atoms. The average molecular weight is 336 g/mol. The van der Waals surface area contributed by atoms with Crippen LogP contribution < -0.4 is 4.57 Å². The molecular weight excluding hydrogens is 314 g/mol. The van der Waals surface area contributed by atoms with Gasteiger partial charge in [-0.15, -0.1) is 0 Å². The minimum atomic E-state index is -0.604. The van der Waals surface area contributed by atoms with Gasteiger partial charge in [0, 0.05) is 5.10 Å². The third-order valence-electron chi connectivity index (χ3n) is 4.45. The SMILES string of the molecule is CC1(C)OCC([n+]2cnn(-c3ccccc3)c2)[C@H](c2ccccc2)O1. The number of hydrogen-bond donors (Lipinski definition) is 0. The summed E-state index contributed by atoms with van der Waals surface area (Å²) < 4.78 is 16.1. The maximum atomic E-state index is 6.26. The Morgan fingerprint density at radius 1 is 1.04 bits per heavy atom. The van der Waals surface area contributed by atoms with E-state index >= 15 is 0 Å². The van der Waals surface area contributed by atoms with Crippen LogP contribution in [0.1, 0.15) is 31.6 Å². The summed E-state index contributed by atoms with van der Waals surface area (Å²) in [6.45, 7) is 4.48. The lowest BCUT2D eigenvalue weighted by Gasteiger charge is -2.40. The molecule has 1 fully saturated rings. The molecule has 128 valence electrons. The molecule has 0 aliphatic carbocycles. The van der Waals surface area contributed by atoms with Crippen LogP contribution in [-0.4, -0.2) is 22.2 Å². The summed E-state index contributed by atoms with van der Waals surface area (Å²) in [5.41, 5.74) is 2.17. The lowest BCUT2D eigenvalue weighted by atomic mass is 10.0. The highest BCUT2D eigenvalue weighted by Gasteiger charge is 2.40. The van der Waals surface area contributed by atoms with Gasteiger partial charge in [-0.1, -0.05) is 53.2 Å². The first-order valence-corrected chi connectivity index (χ1v) is 8.50. The van der Waals surface area contributed by atoms with Crippen molar-refractivity contribution in [1.82, 2.24) is 9.78 Å². The normalized spacial score (nSPS) is 22.6. The monoisotopic (exact) mass is 336 g/mol. The van der Waals surface area contributed by atoms with E-state index in [4.69, 9.17) is 9.47 Å². The van der Waals surface area contributed by atoms with Crippen LogP contribution in [0.15, 0.2) is 73.3 Å². The van der Waals surface area contributed by atoms with E-state index < -0.39 is 5.79 Å². The van der Waals surface area contributed by atoms with Crippen molar-refractivity contribution in [1.29, 1.82) is 0 Å². The standard InChI is InChI=1S/C20H22N3O2/c1-20(2)24-13-18(19(25-20)16-9-5-3-6-10-16)22-14-21-23(15-22)17-11-7-4-8-12-17/h3-12,14-15,18-19H,13H2,1-2H3/q+1/t18?,19-/m0/s1. The second-order valence-corrected chi connectivity index (χ2v) is 6.70. The van der Waals surface area contributed by atoms with Crippen molar-refractivity contribution in [2.75, 3.05) is 6.61 Å². The second kappa shape index (κ2) is 6.43. The van der Waals surface area contributed by atoms with Gasteiger partial charge in [-0.3, -0.25) is 0 Å². The van der Waals surface area contributed by atoms with Crippen LogP contribution in [0.5, 0.6) is 0 Å². The van der Waals surface area contributed by atoms with E-state index in [-0.39, 0.29) is 12.1 Å². The molecule has 1 aromatic heterocycles. The first-order chi connectivity index (χ1) is 12.1. The smallest absolute Gasteiger partial charge is 0.266 e. The summed E-state index contributed by atoms with van der Waals surface area (Å²) in [5, 5.41) is 4.49. The number of benzene rings is 2. The van der Waals surface area contributed by atoms with E-state index in [1.54, 1.807) is 0 Å². The summed E-state index contributed by atoms with van der Waals surface area (Å²) in [7, 11) is 0. The van der Waals surface area contributed by atoms with E-state index in [2.05, 4.69) is 21.8 Å². The first-order valence-electron chi connectivity index (χ1n) is 8.50. The Morgan fingerprint density at radius 2 is 1.72 bits per heavy atom. The molecule has 1 unspecified atom stereocenters. The molecule has 2 aromatic carbocycles. The van der Waals surface area contributed by atoms with Crippen molar-refractivity contribution < 1.29 is 14.0 Å². The van der Waals surface area contributed by atoms with Crippen LogP contribution in [0.4, 0.5) is 0 Å². The Kier molecular flexibility index (Phi) is 4.11. The second-order valence-electron chi connectivity index (χ2n) is 6.70. The van der Waals surface area contributed by atoms with Crippen molar-refractivity contribution in [2.45, 2.75) is 31.8 Å². The molecule has 4 rings (SSSR count). The van der Waals surface area contributed by atoms with Gasteiger partial charge in [-0.2, -0.15) is 0 Å². The minimum Gasteiger partial charge on any atom is -0.347 e. The van der Waals surface area contributed by atoms with Gasteiger partial charge in [-0.25, -0.2) is 4.57 Å². The Hall–Kier alpha value is -2.50. The fraction of sp³-hybridized carbons (Fsp3) is 0.300. The molecule has 0 bridgehead atoms. The van der Waals surface area contributed by atoms with E-state index in [1.807, 2.05) is 79.7 Å². The number of aromatic nitrogens is 3. The number of hydrogen-bond acceptors (Lipinski definition) is 3. The van der Waals surface area contributed by atoms with Crippen molar-refractivity contribution in [3.8, 4) is 5.69 Å². The fourth-order valence-corrected chi connectivity index (χ4v) is 3.15. The Morgan fingerprint density at radius 3 is 2.44 bits per heavy atom. The van der Waals surface area contributed by atoms with Gasteiger partial charge in [0.15, 0.2) is 5.79 Å².